The van der Waals surface area contributed by atoms with Gasteiger partial charge < -0.3 is 13.9 Å². The molecule has 0 atom stereocenters. The van der Waals surface area contributed by atoms with Crippen LogP contribution in [0.3, 0.4) is 0 Å². The fraction of sp³-hybridized carbons (Fsp3) is 0.182. The summed E-state index contributed by atoms with van der Waals surface area (Å²) in [5, 5.41) is 0. The number of methoxy groups -OCH3 is 1. The Labute approximate surface area is 180 Å². The molecule has 0 bridgehead atoms. The highest BCUT2D eigenvalue weighted by molar-refractivity contribution is 7.92. The first-order valence-electron chi connectivity index (χ1n) is 9.38. The molecule has 31 heavy (non-hydrogen) atoms. The lowest BCUT2D eigenvalue weighted by Gasteiger charge is -2.22. The Balaban J connectivity index is 1.69. The second kappa shape index (κ2) is 9.48. The number of sulfonamides is 1. The molecule has 0 aliphatic rings. The van der Waals surface area contributed by atoms with Crippen molar-refractivity contribution in [1.82, 2.24) is 0 Å². The van der Waals surface area contributed by atoms with Crippen LogP contribution in [-0.2, 0) is 26.1 Å². The Kier molecular flexibility index (Phi) is 6.76. The number of anilines is 1. The van der Waals surface area contributed by atoms with Crippen molar-refractivity contribution >= 4 is 27.6 Å². The lowest BCUT2D eigenvalue weighted by atomic mass is 10.2. The van der Waals surface area contributed by atoms with Crippen molar-refractivity contribution in [3.8, 4) is 0 Å². The summed E-state index contributed by atoms with van der Waals surface area (Å²) in [6.45, 7) is 1.82. The first kappa shape index (κ1) is 22.1. The molecule has 0 aliphatic carbocycles. The number of nitrogens with zero attached hydrogens (tertiary/aromatic N) is 1. The van der Waals surface area contributed by atoms with E-state index in [1.165, 1.54) is 47.8 Å². The van der Waals surface area contributed by atoms with Crippen molar-refractivity contribution in [3.05, 3.63) is 83.8 Å². The van der Waals surface area contributed by atoms with Gasteiger partial charge in [-0.2, -0.15) is 0 Å². The Hall–Kier alpha value is -3.59. The van der Waals surface area contributed by atoms with E-state index in [0.717, 1.165) is 0 Å². The normalized spacial score (nSPS) is 11.0. The highest BCUT2D eigenvalue weighted by atomic mass is 32.2. The average molecular weight is 443 g/mol. The molecule has 0 spiro atoms. The van der Waals surface area contributed by atoms with E-state index in [1.54, 1.807) is 31.2 Å². The monoisotopic (exact) mass is 443 g/mol. The predicted octanol–water partition coefficient (Wildman–Crippen LogP) is 3.64. The number of carbonyl (C=O) groups is 2. The molecule has 0 radical (unpaired) electrons. The van der Waals surface area contributed by atoms with Gasteiger partial charge in [0.2, 0.25) is 5.76 Å². The third-order valence-corrected chi connectivity index (χ3v) is 6.32. The zero-order valence-electron chi connectivity index (χ0n) is 17.0. The van der Waals surface area contributed by atoms with Gasteiger partial charge in [0.1, 0.15) is 12.4 Å². The fourth-order valence-corrected chi connectivity index (χ4v) is 4.34. The van der Waals surface area contributed by atoms with Gasteiger partial charge in [-0.25, -0.2) is 18.0 Å². The van der Waals surface area contributed by atoms with Crippen molar-refractivity contribution in [2.75, 3.05) is 18.0 Å². The summed E-state index contributed by atoms with van der Waals surface area (Å²) in [6.07, 6.45) is 0. The second-order valence-corrected chi connectivity index (χ2v) is 8.23. The molecule has 1 heterocycles. The summed E-state index contributed by atoms with van der Waals surface area (Å²) in [5.74, 6) is -1.02. The number of para-hydroxylation sites is 1. The largest absolute Gasteiger partial charge is 0.463 e. The number of benzene rings is 2. The molecule has 2 aromatic carbocycles. The van der Waals surface area contributed by atoms with Gasteiger partial charge in [-0.1, -0.05) is 18.2 Å². The van der Waals surface area contributed by atoms with E-state index in [4.69, 9.17) is 9.15 Å². The van der Waals surface area contributed by atoms with Crippen molar-refractivity contribution in [1.29, 1.82) is 0 Å². The Morgan fingerprint density at radius 2 is 1.61 bits per heavy atom. The second-order valence-electron chi connectivity index (χ2n) is 6.36. The molecule has 0 aliphatic heterocycles. The van der Waals surface area contributed by atoms with Crippen molar-refractivity contribution in [3.63, 3.8) is 0 Å². The Morgan fingerprint density at radius 3 is 2.23 bits per heavy atom. The maximum Gasteiger partial charge on any atom is 0.373 e. The number of ether oxygens (including phenoxy) is 2. The van der Waals surface area contributed by atoms with Gasteiger partial charge in [-0.15, -0.1) is 0 Å². The summed E-state index contributed by atoms with van der Waals surface area (Å²) in [6, 6.07) is 17.2. The van der Waals surface area contributed by atoms with Crippen molar-refractivity contribution in [2.45, 2.75) is 18.4 Å². The van der Waals surface area contributed by atoms with Gasteiger partial charge in [0.25, 0.3) is 10.0 Å². The third kappa shape index (κ3) is 4.95. The predicted molar refractivity (Wildman–Crippen MR) is 112 cm³/mol. The molecule has 3 aromatic rings. The van der Waals surface area contributed by atoms with Crippen LogP contribution in [0.25, 0.3) is 0 Å². The Bertz CT molecular complexity index is 1150. The van der Waals surface area contributed by atoms with Crippen LogP contribution in [0, 0.1) is 0 Å². The SMILES string of the molecule is CCN(c1ccccc1)S(=O)(=O)c1ccc(C(=O)OCc2ccc(C(=O)OC)o2)cc1. The molecule has 8 nitrogen and oxygen atoms in total. The summed E-state index contributed by atoms with van der Waals surface area (Å²) in [7, 11) is -2.56. The van der Waals surface area contributed by atoms with Gasteiger partial charge in [-0.05, 0) is 55.5 Å². The molecule has 3 rings (SSSR count). The van der Waals surface area contributed by atoms with Gasteiger partial charge in [-0.3, -0.25) is 4.31 Å². The molecule has 0 N–H and O–H groups in total. The smallest absolute Gasteiger partial charge is 0.373 e. The van der Waals surface area contributed by atoms with Crippen LogP contribution in [-0.4, -0.2) is 34.0 Å². The van der Waals surface area contributed by atoms with Crippen LogP contribution in [0.1, 0.15) is 33.6 Å². The number of hydrogen-bond donors (Lipinski definition) is 0. The molecule has 0 amide bonds. The summed E-state index contributed by atoms with van der Waals surface area (Å²) in [4.78, 5) is 23.7. The van der Waals surface area contributed by atoms with E-state index in [1.807, 2.05) is 6.07 Å². The zero-order chi connectivity index (χ0) is 22.4. The number of esters is 2. The fourth-order valence-electron chi connectivity index (χ4n) is 2.86. The van der Waals surface area contributed by atoms with Gasteiger partial charge in [0.15, 0.2) is 0 Å². The minimum absolute atomic E-state index is 0.00185. The molecule has 0 saturated heterocycles. The highest BCUT2D eigenvalue weighted by Crippen LogP contribution is 2.23. The van der Waals surface area contributed by atoms with Crippen LogP contribution < -0.4 is 4.31 Å². The van der Waals surface area contributed by atoms with E-state index in [0.29, 0.717) is 5.69 Å². The van der Waals surface area contributed by atoms with Gasteiger partial charge in [0, 0.05) is 6.54 Å². The standard InChI is InChI=1S/C22H21NO7S/c1-3-23(17-7-5-4-6-8-17)31(26,27)19-12-9-16(10-13-19)21(24)29-15-18-11-14-20(30-18)22(25)28-2/h4-14H,3,15H2,1-2H3. The molecular formula is C22H21NO7S. The van der Waals surface area contributed by atoms with Crippen LogP contribution in [0.4, 0.5) is 5.69 Å². The lowest BCUT2D eigenvalue weighted by Crippen LogP contribution is -2.30. The van der Waals surface area contributed by atoms with E-state index in [-0.39, 0.29) is 35.1 Å². The summed E-state index contributed by atoms with van der Waals surface area (Å²) >= 11 is 0. The van der Waals surface area contributed by atoms with Crippen LogP contribution >= 0.6 is 0 Å². The molecule has 0 saturated carbocycles. The van der Waals surface area contributed by atoms with E-state index >= 15 is 0 Å². The summed E-state index contributed by atoms with van der Waals surface area (Å²) < 4.78 is 42.2. The van der Waals surface area contributed by atoms with E-state index < -0.39 is 22.0 Å². The van der Waals surface area contributed by atoms with Crippen LogP contribution in [0.2, 0.25) is 0 Å². The number of furan rings is 1. The molecule has 1 aromatic heterocycles. The quantitative estimate of drug-likeness (QED) is 0.490. The topological polar surface area (TPSA) is 103 Å². The zero-order valence-corrected chi connectivity index (χ0v) is 17.8. The molecule has 0 fully saturated rings. The van der Waals surface area contributed by atoms with Crippen LogP contribution in [0.5, 0.6) is 0 Å². The van der Waals surface area contributed by atoms with E-state index in [2.05, 4.69) is 4.74 Å². The average Bonchev–Trinajstić information content (AvgIpc) is 3.27. The lowest BCUT2D eigenvalue weighted by molar-refractivity contribution is 0.0438. The first-order chi connectivity index (χ1) is 14.9. The molecule has 9 heteroatoms. The van der Waals surface area contributed by atoms with Crippen molar-refractivity contribution < 1.29 is 31.9 Å². The summed E-state index contributed by atoms with van der Waals surface area (Å²) in [5.41, 5.74) is 0.736. The number of carbonyl (C=O) groups excluding carboxylic acids is 2. The first-order valence-corrected chi connectivity index (χ1v) is 10.8. The molecule has 0 unspecified atom stereocenters. The number of rotatable bonds is 8. The van der Waals surface area contributed by atoms with Crippen LogP contribution in [0.15, 0.2) is 76.0 Å². The maximum atomic E-state index is 13.0. The maximum absolute atomic E-state index is 13.0. The molecular weight excluding hydrogens is 422 g/mol. The number of hydrogen-bond acceptors (Lipinski definition) is 7. The van der Waals surface area contributed by atoms with E-state index in [9.17, 15) is 18.0 Å². The minimum atomic E-state index is -3.79. The minimum Gasteiger partial charge on any atom is -0.463 e. The third-order valence-electron chi connectivity index (χ3n) is 4.40. The highest BCUT2D eigenvalue weighted by Gasteiger charge is 2.24. The van der Waals surface area contributed by atoms with Gasteiger partial charge in [0.05, 0.1) is 23.3 Å². The van der Waals surface area contributed by atoms with Gasteiger partial charge >= 0.3 is 11.9 Å². The van der Waals surface area contributed by atoms with Crippen molar-refractivity contribution in [2.24, 2.45) is 0 Å². The Morgan fingerprint density at radius 1 is 0.935 bits per heavy atom. The molecule has 162 valence electrons.